The Kier molecular flexibility index (Phi) is 6.47. The highest BCUT2D eigenvalue weighted by Crippen LogP contribution is 2.31. The minimum absolute atomic E-state index is 0.0817. The number of nitrogens with zero attached hydrogens (tertiary/aromatic N) is 1. The molecule has 0 bridgehead atoms. The summed E-state index contributed by atoms with van der Waals surface area (Å²) in [7, 11) is -2.47. The van der Waals surface area contributed by atoms with Crippen LogP contribution in [0.1, 0.15) is 10.4 Å². The molecule has 7 nitrogen and oxygen atoms in total. The van der Waals surface area contributed by atoms with Crippen LogP contribution >= 0.6 is 23.2 Å². The minimum atomic E-state index is -3.85. The van der Waals surface area contributed by atoms with E-state index in [1.54, 1.807) is 18.2 Å². The van der Waals surface area contributed by atoms with Crippen LogP contribution in [-0.4, -0.2) is 52.0 Å². The van der Waals surface area contributed by atoms with Crippen molar-refractivity contribution >= 4 is 44.8 Å². The standard InChI is InChI=1S/C18H18Cl2N2O5S/c1-26-15-6-5-12(18(23)21-14-4-2-3-13(19)17(14)20)11-16(15)28(24,25)22-7-9-27-10-8-22/h2-6,11H,7-10H2,1H3,(H,21,23). The second kappa shape index (κ2) is 8.67. The van der Waals surface area contributed by atoms with E-state index in [1.807, 2.05) is 0 Å². The summed E-state index contributed by atoms with van der Waals surface area (Å²) in [6, 6.07) is 9.05. The highest BCUT2D eigenvalue weighted by atomic mass is 35.5. The van der Waals surface area contributed by atoms with Gasteiger partial charge in [0.1, 0.15) is 10.6 Å². The maximum atomic E-state index is 13.0. The first-order valence-corrected chi connectivity index (χ1v) is 10.6. The van der Waals surface area contributed by atoms with Crippen molar-refractivity contribution in [3.8, 4) is 5.75 Å². The summed E-state index contributed by atoms with van der Waals surface area (Å²) in [5, 5.41) is 3.14. The molecule has 28 heavy (non-hydrogen) atoms. The molecule has 0 aliphatic carbocycles. The first-order valence-electron chi connectivity index (χ1n) is 8.36. The number of sulfonamides is 1. The van der Waals surface area contributed by atoms with E-state index in [9.17, 15) is 13.2 Å². The Labute approximate surface area is 173 Å². The van der Waals surface area contributed by atoms with Crippen LogP contribution in [0.5, 0.6) is 5.75 Å². The summed E-state index contributed by atoms with van der Waals surface area (Å²) in [4.78, 5) is 12.6. The first-order chi connectivity index (χ1) is 13.3. The molecule has 2 aromatic rings. The summed E-state index contributed by atoms with van der Waals surface area (Å²) in [5.74, 6) is -0.367. The molecule has 2 aromatic carbocycles. The van der Waals surface area contributed by atoms with Crippen molar-refractivity contribution in [3.63, 3.8) is 0 Å². The van der Waals surface area contributed by atoms with Crippen LogP contribution in [0, 0.1) is 0 Å². The molecule has 1 saturated heterocycles. The normalized spacial score (nSPS) is 15.2. The van der Waals surface area contributed by atoms with Gasteiger partial charge in [-0.1, -0.05) is 29.3 Å². The highest BCUT2D eigenvalue weighted by molar-refractivity contribution is 7.89. The molecule has 1 aliphatic rings. The number of hydrogen-bond acceptors (Lipinski definition) is 5. The maximum absolute atomic E-state index is 13.0. The van der Waals surface area contributed by atoms with Crippen LogP contribution in [0.15, 0.2) is 41.3 Å². The first kappa shape index (κ1) is 20.9. The number of morpholine rings is 1. The quantitative estimate of drug-likeness (QED) is 0.764. The van der Waals surface area contributed by atoms with Gasteiger partial charge in [-0.25, -0.2) is 8.42 Å². The number of benzene rings is 2. The SMILES string of the molecule is COc1ccc(C(=O)Nc2cccc(Cl)c2Cl)cc1S(=O)(=O)N1CCOCC1. The number of ether oxygens (including phenoxy) is 2. The molecule has 1 N–H and O–H groups in total. The van der Waals surface area contributed by atoms with E-state index < -0.39 is 15.9 Å². The number of rotatable bonds is 5. The average Bonchev–Trinajstić information content (AvgIpc) is 2.71. The van der Waals surface area contributed by atoms with E-state index in [4.69, 9.17) is 32.7 Å². The lowest BCUT2D eigenvalue weighted by Crippen LogP contribution is -2.40. The van der Waals surface area contributed by atoms with Crippen LogP contribution in [-0.2, 0) is 14.8 Å². The van der Waals surface area contributed by atoms with Crippen molar-refractivity contribution in [3.05, 3.63) is 52.0 Å². The molecule has 3 rings (SSSR count). The van der Waals surface area contributed by atoms with Gasteiger partial charge in [-0.3, -0.25) is 4.79 Å². The number of anilines is 1. The van der Waals surface area contributed by atoms with E-state index in [-0.39, 0.29) is 34.3 Å². The van der Waals surface area contributed by atoms with Crippen LogP contribution in [0.4, 0.5) is 5.69 Å². The van der Waals surface area contributed by atoms with Gasteiger partial charge in [0, 0.05) is 18.7 Å². The number of carbonyl (C=O) groups is 1. The fourth-order valence-corrected chi connectivity index (χ4v) is 4.68. The van der Waals surface area contributed by atoms with Crippen molar-refractivity contribution in [2.45, 2.75) is 4.90 Å². The largest absolute Gasteiger partial charge is 0.495 e. The van der Waals surface area contributed by atoms with Gasteiger partial charge in [0.05, 0.1) is 36.1 Å². The van der Waals surface area contributed by atoms with Crippen molar-refractivity contribution in [2.24, 2.45) is 0 Å². The van der Waals surface area contributed by atoms with Gasteiger partial charge in [-0.05, 0) is 30.3 Å². The van der Waals surface area contributed by atoms with Crippen LogP contribution in [0.25, 0.3) is 0 Å². The number of methoxy groups -OCH3 is 1. The van der Waals surface area contributed by atoms with E-state index in [0.29, 0.717) is 23.9 Å². The molecule has 0 aromatic heterocycles. The van der Waals surface area contributed by atoms with Crippen molar-refractivity contribution < 1.29 is 22.7 Å². The Morgan fingerprint density at radius 3 is 2.57 bits per heavy atom. The second-order valence-corrected chi connectivity index (χ2v) is 8.63. The number of carbonyl (C=O) groups excluding carboxylic acids is 1. The maximum Gasteiger partial charge on any atom is 0.255 e. The van der Waals surface area contributed by atoms with Crippen molar-refractivity contribution in [1.82, 2.24) is 4.31 Å². The molecule has 1 amide bonds. The molecule has 10 heteroatoms. The summed E-state index contributed by atoms with van der Waals surface area (Å²) in [5.41, 5.74) is 0.469. The summed E-state index contributed by atoms with van der Waals surface area (Å²) in [6.45, 7) is 1.10. The lowest BCUT2D eigenvalue weighted by Gasteiger charge is -2.26. The Bertz CT molecular complexity index is 991. The predicted molar refractivity (Wildman–Crippen MR) is 107 cm³/mol. The molecule has 0 saturated carbocycles. The van der Waals surface area contributed by atoms with E-state index in [0.717, 1.165) is 0 Å². The zero-order valence-corrected chi connectivity index (χ0v) is 17.3. The van der Waals surface area contributed by atoms with Gasteiger partial charge in [0.25, 0.3) is 5.91 Å². The average molecular weight is 445 g/mol. The highest BCUT2D eigenvalue weighted by Gasteiger charge is 2.30. The van der Waals surface area contributed by atoms with Gasteiger partial charge in [-0.2, -0.15) is 4.31 Å². The molecule has 150 valence electrons. The molecule has 1 heterocycles. The smallest absolute Gasteiger partial charge is 0.255 e. The number of nitrogens with one attached hydrogen (secondary N) is 1. The topological polar surface area (TPSA) is 84.9 Å². The minimum Gasteiger partial charge on any atom is -0.495 e. The van der Waals surface area contributed by atoms with Crippen molar-refractivity contribution in [1.29, 1.82) is 0 Å². The van der Waals surface area contributed by atoms with Crippen LogP contribution in [0.2, 0.25) is 10.0 Å². The van der Waals surface area contributed by atoms with E-state index in [2.05, 4.69) is 5.32 Å². The second-order valence-electron chi connectivity index (χ2n) is 5.94. The van der Waals surface area contributed by atoms with Gasteiger partial charge >= 0.3 is 0 Å². The molecule has 0 spiro atoms. The Morgan fingerprint density at radius 2 is 1.89 bits per heavy atom. The van der Waals surface area contributed by atoms with Gasteiger partial charge in [-0.15, -0.1) is 0 Å². The van der Waals surface area contributed by atoms with Crippen LogP contribution < -0.4 is 10.1 Å². The summed E-state index contributed by atoms with van der Waals surface area (Å²) in [6.07, 6.45) is 0. The number of halogens is 2. The van der Waals surface area contributed by atoms with E-state index >= 15 is 0 Å². The monoisotopic (exact) mass is 444 g/mol. The fraction of sp³-hybridized carbons (Fsp3) is 0.278. The van der Waals surface area contributed by atoms with Crippen molar-refractivity contribution in [2.75, 3.05) is 38.7 Å². The molecule has 1 fully saturated rings. The zero-order chi connectivity index (χ0) is 20.3. The Balaban J connectivity index is 1.94. The van der Waals surface area contributed by atoms with E-state index in [1.165, 1.54) is 29.6 Å². The molecule has 0 radical (unpaired) electrons. The summed E-state index contributed by atoms with van der Waals surface area (Å²) >= 11 is 12.1. The molecular weight excluding hydrogens is 427 g/mol. The third-order valence-electron chi connectivity index (χ3n) is 4.21. The number of amides is 1. The zero-order valence-electron chi connectivity index (χ0n) is 14.9. The lowest BCUT2D eigenvalue weighted by molar-refractivity contribution is 0.0729. The fourth-order valence-electron chi connectivity index (χ4n) is 2.74. The third-order valence-corrected chi connectivity index (χ3v) is 6.95. The lowest BCUT2D eigenvalue weighted by atomic mass is 10.2. The van der Waals surface area contributed by atoms with Gasteiger partial charge < -0.3 is 14.8 Å². The molecule has 1 aliphatic heterocycles. The Morgan fingerprint density at radius 1 is 1.18 bits per heavy atom. The predicted octanol–water partition coefficient (Wildman–Crippen LogP) is 3.28. The summed E-state index contributed by atoms with van der Waals surface area (Å²) < 4.78 is 37.8. The third kappa shape index (κ3) is 4.26. The van der Waals surface area contributed by atoms with Crippen LogP contribution in [0.3, 0.4) is 0 Å². The molecule has 0 unspecified atom stereocenters. The van der Waals surface area contributed by atoms with Gasteiger partial charge in [0.15, 0.2) is 0 Å². The van der Waals surface area contributed by atoms with Gasteiger partial charge in [0.2, 0.25) is 10.0 Å². The Hall–Kier alpha value is -1.84. The molecular formula is C18H18Cl2N2O5S. The number of hydrogen-bond donors (Lipinski definition) is 1. The molecule has 0 atom stereocenters.